The van der Waals surface area contributed by atoms with E-state index in [4.69, 9.17) is 23.2 Å². The first kappa shape index (κ1) is 13.2. The molecule has 0 spiro atoms. The van der Waals surface area contributed by atoms with Crippen molar-refractivity contribution in [3.05, 3.63) is 20.3 Å². The third kappa shape index (κ3) is 3.87. The Bertz CT molecular complexity index is 387. The lowest BCUT2D eigenvalue weighted by atomic mass is 10.2. The summed E-state index contributed by atoms with van der Waals surface area (Å²) in [5.74, 6) is 0.372. The minimum absolute atomic E-state index is 0.0284. The van der Waals surface area contributed by atoms with E-state index in [9.17, 15) is 9.00 Å². The van der Waals surface area contributed by atoms with Crippen LogP contribution in [0.2, 0.25) is 8.67 Å². The molecule has 0 saturated carbocycles. The zero-order valence-corrected chi connectivity index (χ0v) is 11.2. The Labute approximate surface area is 105 Å². The van der Waals surface area contributed by atoms with E-state index in [1.54, 1.807) is 0 Å². The van der Waals surface area contributed by atoms with Gasteiger partial charge in [0.15, 0.2) is 5.78 Å². The summed E-state index contributed by atoms with van der Waals surface area (Å²) in [6, 6.07) is 1.53. The highest BCUT2D eigenvalue weighted by molar-refractivity contribution is 7.85. The van der Waals surface area contributed by atoms with Gasteiger partial charge in [0.25, 0.3) is 0 Å². The molecule has 0 aliphatic heterocycles. The van der Waals surface area contributed by atoms with Crippen LogP contribution in [-0.2, 0) is 10.8 Å². The molecule has 0 N–H and O–H groups in total. The molecule has 6 heteroatoms. The van der Waals surface area contributed by atoms with Crippen LogP contribution in [0.25, 0.3) is 0 Å². The van der Waals surface area contributed by atoms with Gasteiger partial charge in [0.05, 0.1) is 10.1 Å². The number of thiophene rings is 1. The van der Waals surface area contributed by atoms with Crippen molar-refractivity contribution in [2.75, 3.05) is 11.5 Å². The molecule has 0 amide bonds. The maximum atomic E-state index is 11.6. The minimum Gasteiger partial charge on any atom is -0.293 e. The Morgan fingerprint density at radius 3 is 2.67 bits per heavy atom. The number of carbonyl (C=O) groups excluding carboxylic acids is 1. The van der Waals surface area contributed by atoms with Gasteiger partial charge in [-0.3, -0.25) is 9.00 Å². The van der Waals surface area contributed by atoms with Gasteiger partial charge in [-0.05, 0) is 12.5 Å². The van der Waals surface area contributed by atoms with Gasteiger partial charge in [-0.25, -0.2) is 0 Å². The maximum absolute atomic E-state index is 11.6. The van der Waals surface area contributed by atoms with E-state index in [2.05, 4.69) is 0 Å². The van der Waals surface area contributed by atoms with Gasteiger partial charge >= 0.3 is 0 Å². The highest BCUT2D eigenvalue weighted by Gasteiger charge is 2.16. The van der Waals surface area contributed by atoms with Crippen molar-refractivity contribution in [3.63, 3.8) is 0 Å². The molecule has 0 aliphatic carbocycles. The number of halogens is 2. The van der Waals surface area contributed by atoms with Crippen LogP contribution in [0.15, 0.2) is 6.07 Å². The standard InChI is InChI=1S/C9H10Cl2O2S2/c1-2-3-15(13)5-7(12)6-4-8(10)14-9(6)11/h4H,2-3,5H2,1H3. The molecule has 15 heavy (non-hydrogen) atoms. The molecular weight excluding hydrogens is 275 g/mol. The van der Waals surface area contributed by atoms with E-state index in [1.165, 1.54) is 6.07 Å². The lowest BCUT2D eigenvalue weighted by Crippen LogP contribution is -2.12. The lowest BCUT2D eigenvalue weighted by molar-refractivity contribution is 0.102. The first-order chi connectivity index (χ1) is 7.04. The quantitative estimate of drug-likeness (QED) is 0.777. The molecule has 1 aromatic heterocycles. The Hall–Kier alpha value is 0.1000. The topological polar surface area (TPSA) is 34.1 Å². The summed E-state index contributed by atoms with van der Waals surface area (Å²) in [5.41, 5.74) is 0.385. The second-order valence-corrected chi connectivity index (χ2v) is 6.81. The fraction of sp³-hybridized carbons (Fsp3) is 0.444. The molecule has 84 valence electrons. The Balaban J connectivity index is 2.69. The molecule has 1 atom stereocenters. The number of rotatable bonds is 5. The largest absolute Gasteiger partial charge is 0.293 e. The summed E-state index contributed by atoms with van der Waals surface area (Å²) in [4.78, 5) is 11.6. The van der Waals surface area contributed by atoms with E-state index in [0.29, 0.717) is 20.0 Å². The zero-order valence-electron chi connectivity index (χ0n) is 8.09. The van der Waals surface area contributed by atoms with E-state index in [1.807, 2.05) is 6.92 Å². The molecule has 2 nitrogen and oxygen atoms in total. The van der Waals surface area contributed by atoms with E-state index >= 15 is 0 Å². The lowest BCUT2D eigenvalue weighted by Gasteiger charge is -1.98. The van der Waals surface area contributed by atoms with Crippen LogP contribution < -0.4 is 0 Å². The normalized spacial score (nSPS) is 12.7. The molecule has 0 aliphatic rings. The van der Waals surface area contributed by atoms with Crippen molar-refractivity contribution in [1.82, 2.24) is 0 Å². The number of ketones is 1. The summed E-state index contributed by atoms with van der Waals surface area (Å²) < 4.78 is 12.2. The summed E-state index contributed by atoms with van der Waals surface area (Å²) in [5, 5.41) is 0. The van der Waals surface area contributed by atoms with Gasteiger partial charge in [0, 0.05) is 22.1 Å². The van der Waals surface area contributed by atoms with Crippen LogP contribution in [0.4, 0.5) is 0 Å². The monoisotopic (exact) mass is 284 g/mol. The fourth-order valence-electron chi connectivity index (χ4n) is 1.05. The van der Waals surface area contributed by atoms with Crippen LogP contribution >= 0.6 is 34.5 Å². The molecule has 1 unspecified atom stereocenters. The second kappa shape index (κ2) is 5.99. The van der Waals surface area contributed by atoms with Crippen molar-refractivity contribution >= 4 is 51.1 Å². The summed E-state index contributed by atoms with van der Waals surface area (Å²) >= 11 is 12.7. The summed E-state index contributed by atoms with van der Waals surface area (Å²) in [7, 11) is -1.10. The van der Waals surface area contributed by atoms with Crippen LogP contribution in [0.1, 0.15) is 23.7 Å². The smallest absolute Gasteiger partial charge is 0.177 e. The highest BCUT2D eigenvalue weighted by atomic mass is 35.5. The van der Waals surface area contributed by atoms with Crippen molar-refractivity contribution in [1.29, 1.82) is 0 Å². The number of carbonyl (C=O) groups is 1. The minimum atomic E-state index is -1.10. The molecule has 1 aromatic rings. The Morgan fingerprint density at radius 2 is 2.20 bits per heavy atom. The molecule has 0 bridgehead atoms. The van der Waals surface area contributed by atoms with E-state index in [-0.39, 0.29) is 11.5 Å². The van der Waals surface area contributed by atoms with E-state index in [0.717, 1.165) is 17.8 Å². The fourth-order valence-corrected chi connectivity index (χ4v) is 3.60. The molecule has 0 saturated heterocycles. The van der Waals surface area contributed by atoms with Crippen molar-refractivity contribution in [3.8, 4) is 0 Å². The summed E-state index contributed by atoms with van der Waals surface area (Å²) in [6.45, 7) is 1.93. The second-order valence-electron chi connectivity index (χ2n) is 2.95. The SMILES string of the molecule is CCCS(=O)CC(=O)c1cc(Cl)sc1Cl. The van der Waals surface area contributed by atoms with Gasteiger partial charge in [-0.15, -0.1) is 11.3 Å². The zero-order chi connectivity index (χ0) is 11.4. The third-order valence-corrected chi connectivity index (χ3v) is 4.62. The van der Waals surface area contributed by atoms with Crippen LogP contribution in [0, 0.1) is 0 Å². The number of hydrogen-bond donors (Lipinski definition) is 0. The molecule has 1 rings (SSSR count). The Morgan fingerprint density at radius 1 is 1.53 bits per heavy atom. The number of Topliss-reactive ketones (excluding diaryl/α,β-unsaturated/α-hetero) is 1. The first-order valence-electron chi connectivity index (χ1n) is 4.37. The van der Waals surface area contributed by atoms with Crippen LogP contribution in [-0.4, -0.2) is 21.5 Å². The van der Waals surface area contributed by atoms with Crippen LogP contribution in [0.3, 0.4) is 0 Å². The summed E-state index contributed by atoms with van der Waals surface area (Å²) in [6.07, 6.45) is 0.804. The Kier molecular flexibility index (Phi) is 5.26. The van der Waals surface area contributed by atoms with Gasteiger partial charge in [-0.1, -0.05) is 30.1 Å². The molecule has 1 heterocycles. The van der Waals surface area contributed by atoms with Gasteiger partial charge in [-0.2, -0.15) is 0 Å². The van der Waals surface area contributed by atoms with Gasteiger partial charge < -0.3 is 0 Å². The predicted octanol–water partition coefficient (Wildman–Crippen LogP) is 3.40. The number of hydrogen-bond acceptors (Lipinski definition) is 3. The first-order valence-corrected chi connectivity index (χ1v) is 7.43. The highest BCUT2D eigenvalue weighted by Crippen LogP contribution is 2.31. The molecule has 0 radical (unpaired) electrons. The van der Waals surface area contributed by atoms with Gasteiger partial charge in [0.1, 0.15) is 4.34 Å². The van der Waals surface area contributed by atoms with Crippen molar-refractivity contribution in [2.24, 2.45) is 0 Å². The maximum Gasteiger partial charge on any atom is 0.177 e. The predicted molar refractivity (Wildman–Crippen MR) is 66.8 cm³/mol. The van der Waals surface area contributed by atoms with E-state index < -0.39 is 10.8 Å². The van der Waals surface area contributed by atoms with Crippen molar-refractivity contribution < 1.29 is 9.00 Å². The average molecular weight is 285 g/mol. The van der Waals surface area contributed by atoms with Crippen LogP contribution in [0.5, 0.6) is 0 Å². The molecular formula is C9H10Cl2O2S2. The third-order valence-electron chi connectivity index (χ3n) is 1.68. The molecule has 0 fully saturated rings. The van der Waals surface area contributed by atoms with Gasteiger partial charge in [0.2, 0.25) is 0 Å². The van der Waals surface area contributed by atoms with Crippen molar-refractivity contribution in [2.45, 2.75) is 13.3 Å². The molecule has 0 aromatic carbocycles. The average Bonchev–Trinajstić information content (AvgIpc) is 2.45.